The van der Waals surface area contributed by atoms with Crippen molar-refractivity contribution in [3.8, 4) is 0 Å². The molecule has 11 heavy (non-hydrogen) atoms. The fourth-order valence-corrected chi connectivity index (χ4v) is 1.00. The molecule has 0 bridgehead atoms. The van der Waals surface area contributed by atoms with E-state index in [4.69, 9.17) is 0 Å². The third kappa shape index (κ3) is 9.70. The van der Waals surface area contributed by atoms with Gasteiger partial charge >= 0.3 is 0 Å². The third-order valence-electron chi connectivity index (χ3n) is 1.67. The second kappa shape index (κ2) is 9.70. The highest BCUT2D eigenvalue weighted by molar-refractivity contribution is 4.79. The first-order chi connectivity index (χ1) is 5.41. The Kier molecular flexibility index (Phi) is 9.44. The number of hydrogen-bond donors (Lipinski definition) is 0. The first-order valence-corrected chi connectivity index (χ1v) is 4.65. The molecule has 0 aromatic heterocycles. The van der Waals surface area contributed by atoms with Gasteiger partial charge in [0.05, 0.1) is 6.61 Å². The van der Waals surface area contributed by atoms with Crippen molar-refractivity contribution < 1.29 is 5.11 Å². The fraction of sp³-hybridized carbons (Fsp3) is 0.800. The monoisotopic (exact) mass is 155 g/mol. The molecule has 0 aliphatic heterocycles. The zero-order chi connectivity index (χ0) is 8.36. The summed E-state index contributed by atoms with van der Waals surface area (Å²) in [7, 11) is 0. The van der Waals surface area contributed by atoms with E-state index in [1.807, 2.05) is 0 Å². The van der Waals surface area contributed by atoms with Gasteiger partial charge in [-0.3, -0.25) is 0 Å². The van der Waals surface area contributed by atoms with Crippen LogP contribution in [-0.4, -0.2) is 6.61 Å². The van der Waals surface area contributed by atoms with Gasteiger partial charge in [0, 0.05) is 0 Å². The van der Waals surface area contributed by atoms with E-state index in [0.717, 1.165) is 19.3 Å². The molecule has 65 valence electrons. The maximum Gasteiger partial charge on any atom is 0.0822 e. The summed E-state index contributed by atoms with van der Waals surface area (Å²) in [5, 5.41) is 10.1. The summed E-state index contributed by atoms with van der Waals surface area (Å²) in [6.45, 7) is 2.25. The van der Waals surface area contributed by atoms with Gasteiger partial charge in [-0.25, -0.2) is 5.11 Å². The van der Waals surface area contributed by atoms with Gasteiger partial charge < -0.3 is 0 Å². The van der Waals surface area contributed by atoms with Gasteiger partial charge in [0.25, 0.3) is 0 Å². The topological polar surface area (TPSA) is 19.9 Å². The zero-order valence-electron chi connectivity index (χ0n) is 7.51. The summed E-state index contributed by atoms with van der Waals surface area (Å²) in [4.78, 5) is 0. The average Bonchev–Trinajstić information content (AvgIpc) is 2.03. The predicted octanol–water partition coefficient (Wildman–Crippen LogP) is 3.33. The standard InChI is InChI=1S/C10H19O/c1-2-3-4-5-6-7-8-9-10-11/h3-4H,2,5-10H2,1H3. The van der Waals surface area contributed by atoms with E-state index in [-0.39, 0.29) is 6.61 Å². The van der Waals surface area contributed by atoms with Crippen LogP contribution in [0.2, 0.25) is 0 Å². The normalized spacial score (nSPS) is 11.1. The van der Waals surface area contributed by atoms with Crippen LogP contribution in [-0.2, 0) is 5.11 Å². The highest BCUT2D eigenvalue weighted by Gasteiger charge is 1.86. The Morgan fingerprint density at radius 1 is 1.00 bits per heavy atom. The Morgan fingerprint density at radius 3 is 2.36 bits per heavy atom. The van der Waals surface area contributed by atoms with Gasteiger partial charge in [0.15, 0.2) is 0 Å². The minimum Gasteiger partial charge on any atom is -0.237 e. The van der Waals surface area contributed by atoms with Crippen LogP contribution in [0.4, 0.5) is 0 Å². The number of unbranched alkanes of at least 4 members (excludes halogenated alkanes) is 4. The van der Waals surface area contributed by atoms with Gasteiger partial charge in [0.2, 0.25) is 0 Å². The highest BCUT2D eigenvalue weighted by Crippen LogP contribution is 2.03. The van der Waals surface area contributed by atoms with Crippen LogP contribution in [0.5, 0.6) is 0 Å². The summed E-state index contributed by atoms with van der Waals surface area (Å²) in [6, 6.07) is 0. The van der Waals surface area contributed by atoms with Gasteiger partial charge in [0.1, 0.15) is 0 Å². The molecule has 0 saturated heterocycles. The molecule has 1 nitrogen and oxygen atoms in total. The molecule has 0 amide bonds. The van der Waals surface area contributed by atoms with E-state index in [9.17, 15) is 5.11 Å². The number of rotatable bonds is 7. The molecule has 0 aliphatic rings. The second-order valence-corrected chi connectivity index (χ2v) is 2.79. The molecule has 0 aromatic rings. The van der Waals surface area contributed by atoms with E-state index < -0.39 is 0 Å². The summed E-state index contributed by atoms with van der Waals surface area (Å²) in [6.07, 6.45) is 11.2. The SMILES string of the molecule is CCC=CCCCCCC[O]. The highest BCUT2D eigenvalue weighted by atomic mass is 16.2. The molecule has 0 fully saturated rings. The van der Waals surface area contributed by atoms with Gasteiger partial charge in [-0.05, 0) is 25.7 Å². The third-order valence-corrected chi connectivity index (χ3v) is 1.67. The largest absolute Gasteiger partial charge is 0.237 e. The lowest BCUT2D eigenvalue weighted by Gasteiger charge is -1.94. The predicted molar refractivity (Wildman–Crippen MR) is 48.1 cm³/mol. The van der Waals surface area contributed by atoms with Crippen LogP contribution in [0.1, 0.15) is 45.4 Å². The van der Waals surface area contributed by atoms with Gasteiger partial charge in [-0.1, -0.05) is 31.9 Å². The van der Waals surface area contributed by atoms with Crippen molar-refractivity contribution in [1.82, 2.24) is 0 Å². The smallest absolute Gasteiger partial charge is 0.0822 e. The van der Waals surface area contributed by atoms with Gasteiger partial charge in [-0.2, -0.15) is 0 Å². The first kappa shape index (κ1) is 10.7. The molecule has 0 rings (SSSR count). The molecule has 0 aliphatic carbocycles. The minimum absolute atomic E-state index is 0.102. The Hall–Kier alpha value is -0.300. The van der Waals surface area contributed by atoms with E-state index >= 15 is 0 Å². The second-order valence-electron chi connectivity index (χ2n) is 2.79. The van der Waals surface area contributed by atoms with Crippen LogP contribution >= 0.6 is 0 Å². The Labute approximate surface area is 70.1 Å². The fourth-order valence-electron chi connectivity index (χ4n) is 1.00. The van der Waals surface area contributed by atoms with Crippen LogP contribution in [0.3, 0.4) is 0 Å². The number of allylic oxidation sites excluding steroid dienone is 2. The van der Waals surface area contributed by atoms with Crippen LogP contribution < -0.4 is 0 Å². The van der Waals surface area contributed by atoms with Crippen molar-refractivity contribution in [1.29, 1.82) is 0 Å². The van der Waals surface area contributed by atoms with Crippen LogP contribution in [0, 0.1) is 0 Å². The summed E-state index contributed by atoms with van der Waals surface area (Å²) in [5.74, 6) is 0. The van der Waals surface area contributed by atoms with Crippen molar-refractivity contribution in [2.24, 2.45) is 0 Å². The summed E-state index contributed by atoms with van der Waals surface area (Å²) >= 11 is 0. The lowest BCUT2D eigenvalue weighted by Crippen LogP contribution is -1.80. The summed E-state index contributed by atoms with van der Waals surface area (Å²) in [5.41, 5.74) is 0. The quantitative estimate of drug-likeness (QED) is 0.397. The molecule has 0 saturated carbocycles. The molecule has 0 spiro atoms. The van der Waals surface area contributed by atoms with Crippen molar-refractivity contribution in [3.63, 3.8) is 0 Å². The first-order valence-electron chi connectivity index (χ1n) is 4.65. The molecule has 1 heteroatoms. The summed E-state index contributed by atoms with van der Waals surface area (Å²) < 4.78 is 0. The van der Waals surface area contributed by atoms with E-state index in [1.165, 1.54) is 19.3 Å². The molecular weight excluding hydrogens is 136 g/mol. The Balaban J connectivity index is 2.85. The average molecular weight is 155 g/mol. The molecule has 0 aromatic carbocycles. The maximum absolute atomic E-state index is 10.1. The Bertz CT molecular complexity index is 86.9. The van der Waals surface area contributed by atoms with E-state index in [1.54, 1.807) is 0 Å². The molecule has 0 N–H and O–H groups in total. The van der Waals surface area contributed by atoms with Gasteiger partial charge in [-0.15, -0.1) is 0 Å². The maximum atomic E-state index is 10.1. The van der Waals surface area contributed by atoms with E-state index in [2.05, 4.69) is 19.1 Å². The van der Waals surface area contributed by atoms with Crippen molar-refractivity contribution in [2.45, 2.75) is 45.4 Å². The molecular formula is C10H19O. The zero-order valence-corrected chi connectivity index (χ0v) is 7.51. The number of hydrogen-bond acceptors (Lipinski definition) is 0. The van der Waals surface area contributed by atoms with Crippen LogP contribution in [0.25, 0.3) is 0 Å². The lowest BCUT2D eigenvalue weighted by molar-refractivity contribution is 0.186. The Morgan fingerprint density at radius 2 is 1.73 bits per heavy atom. The molecule has 1 radical (unpaired) electrons. The van der Waals surface area contributed by atoms with E-state index in [0.29, 0.717) is 0 Å². The van der Waals surface area contributed by atoms with Crippen molar-refractivity contribution in [3.05, 3.63) is 12.2 Å². The van der Waals surface area contributed by atoms with Crippen molar-refractivity contribution in [2.75, 3.05) is 6.61 Å². The van der Waals surface area contributed by atoms with Crippen LogP contribution in [0.15, 0.2) is 12.2 Å². The molecule has 0 heterocycles. The molecule has 0 unspecified atom stereocenters. The van der Waals surface area contributed by atoms with Crippen molar-refractivity contribution >= 4 is 0 Å². The lowest BCUT2D eigenvalue weighted by atomic mass is 10.1. The minimum atomic E-state index is 0.102. The molecule has 0 atom stereocenters.